The van der Waals surface area contributed by atoms with Crippen molar-refractivity contribution < 1.29 is 17.9 Å². The van der Waals surface area contributed by atoms with Crippen LogP contribution in [-0.4, -0.2) is 62.9 Å². The van der Waals surface area contributed by atoms with Crippen LogP contribution in [0.3, 0.4) is 0 Å². The number of ether oxygens (including phenoxy) is 1. The fraction of sp³-hybridized carbons (Fsp3) is 0.409. The monoisotopic (exact) mass is 463 g/mol. The summed E-state index contributed by atoms with van der Waals surface area (Å²) in [4.78, 5) is 15.4. The number of halogens is 1. The van der Waals surface area contributed by atoms with Crippen molar-refractivity contribution in [2.24, 2.45) is 0 Å². The van der Waals surface area contributed by atoms with Gasteiger partial charge < -0.3 is 10.1 Å². The molecule has 4 rings (SSSR count). The molecule has 2 aliphatic rings. The van der Waals surface area contributed by atoms with Crippen LogP contribution in [-0.2, 0) is 19.6 Å². The molecule has 0 aliphatic carbocycles. The Hall–Kier alpha value is -1.97. The number of benzene rings is 2. The van der Waals surface area contributed by atoms with Crippen LogP contribution in [0.5, 0.6) is 0 Å². The Balaban J connectivity index is 1.59. The summed E-state index contributed by atoms with van der Waals surface area (Å²) < 4.78 is 32.8. The molecule has 2 saturated heterocycles. The van der Waals surface area contributed by atoms with Gasteiger partial charge in [-0.25, -0.2) is 8.42 Å². The molecule has 9 heteroatoms. The van der Waals surface area contributed by atoms with E-state index in [0.717, 1.165) is 31.5 Å². The van der Waals surface area contributed by atoms with Crippen LogP contribution in [0.2, 0.25) is 5.02 Å². The van der Waals surface area contributed by atoms with Gasteiger partial charge in [-0.1, -0.05) is 41.9 Å². The fourth-order valence-corrected chi connectivity index (χ4v) is 5.99. The number of hydrogen-bond acceptors (Lipinski definition) is 5. The number of sulfonamides is 1. The summed E-state index contributed by atoms with van der Waals surface area (Å²) in [5.74, 6) is -0.190. The van der Waals surface area contributed by atoms with Crippen molar-refractivity contribution in [1.29, 1.82) is 0 Å². The van der Waals surface area contributed by atoms with Gasteiger partial charge in [-0.3, -0.25) is 9.69 Å². The van der Waals surface area contributed by atoms with Crippen molar-refractivity contribution in [3.63, 3.8) is 0 Å². The Morgan fingerprint density at radius 1 is 1.00 bits per heavy atom. The molecule has 1 unspecified atom stereocenters. The second-order valence-corrected chi connectivity index (χ2v) is 10.0. The molecule has 7 nitrogen and oxygen atoms in total. The zero-order valence-electron chi connectivity index (χ0n) is 17.2. The van der Waals surface area contributed by atoms with Crippen LogP contribution in [0.4, 0.5) is 5.69 Å². The molecule has 0 radical (unpaired) electrons. The van der Waals surface area contributed by atoms with E-state index in [1.165, 1.54) is 16.4 Å². The molecule has 31 heavy (non-hydrogen) atoms. The average molecular weight is 464 g/mol. The lowest BCUT2D eigenvalue weighted by atomic mass is 10.0. The summed E-state index contributed by atoms with van der Waals surface area (Å²) in [5, 5.41) is 3.04. The lowest BCUT2D eigenvalue weighted by molar-refractivity contribution is -0.121. The maximum atomic E-state index is 13.3. The Kier molecular flexibility index (Phi) is 6.93. The molecule has 2 fully saturated rings. The van der Waals surface area contributed by atoms with Crippen LogP contribution in [0.1, 0.15) is 24.4 Å². The van der Waals surface area contributed by atoms with Crippen molar-refractivity contribution in [2.75, 3.05) is 44.7 Å². The minimum atomic E-state index is -3.78. The summed E-state index contributed by atoms with van der Waals surface area (Å²) in [6, 6.07) is 13.8. The molecule has 0 spiro atoms. The zero-order chi connectivity index (χ0) is 21.8. The van der Waals surface area contributed by atoms with E-state index >= 15 is 0 Å². The summed E-state index contributed by atoms with van der Waals surface area (Å²) in [6.45, 7) is 2.96. The highest BCUT2D eigenvalue weighted by Gasteiger charge is 2.31. The Morgan fingerprint density at radius 2 is 1.68 bits per heavy atom. The van der Waals surface area contributed by atoms with E-state index in [2.05, 4.69) is 10.2 Å². The summed E-state index contributed by atoms with van der Waals surface area (Å²) in [7, 11) is -3.78. The van der Waals surface area contributed by atoms with Gasteiger partial charge in [0.1, 0.15) is 10.9 Å². The average Bonchev–Trinajstić information content (AvgIpc) is 3.31. The van der Waals surface area contributed by atoms with Gasteiger partial charge in [0.15, 0.2) is 0 Å². The third kappa shape index (κ3) is 4.94. The molecule has 2 aromatic rings. The summed E-state index contributed by atoms with van der Waals surface area (Å²) >= 11 is 6.24. The highest BCUT2D eigenvalue weighted by atomic mass is 35.5. The lowest BCUT2D eigenvalue weighted by Crippen LogP contribution is -2.40. The molecule has 2 aliphatic heterocycles. The number of nitrogens with zero attached hydrogens (tertiary/aromatic N) is 2. The first kappa shape index (κ1) is 22.2. The largest absolute Gasteiger partial charge is 0.379 e. The number of carbonyl (C=O) groups is 1. The highest BCUT2D eigenvalue weighted by molar-refractivity contribution is 7.89. The second kappa shape index (κ2) is 9.67. The number of nitrogens with one attached hydrogen (secondary N) is 1. The number of amides is 1. The van der Waals surface area contributed by atoms with Crippen molar-refractivity contribution in [3.05, 3.63) is 59.1 Å². The minimum Gasteiger partial charge on any atom is -0.379 e. The molecular weight excluding hydrogens is 438 g/mol. The first-order valence-electron chi connectivity index (χ1n) is 10.4. The van der Waals surface area contributed by atoms with E-state index in [0.29, 0.717) is 18.9 Å². The number of morpholine rings is 1. The lowest BCUT2D eigenvalue weighted by Gasteiger charge is -2.28. The fourth-order valence-electron chi connectivity index (χ4n) is 4.08. The van der Waals surface area contributed by atoms with E-state index < -0.39 is 16.1 Å². The van der Waals surface area contributed by atoms with E-state index in [9.17, 15) is 13.2 Å². The second-order valence-electron chi connectivity index (χ2n) is 7.71. The number of anilines is 1. The van der Waals surface area contributed by atoms with E-state index in [-0.39, 0.29) is 28.9 Å². The first-order valence-corrected chi connectivity index (χ1v) is 12.3. The van der Waals surface area contributed by atoms with E-state index in [1.807, 2.05) is 30.3 Å². The van der Waals surface area contributed by atoms with Crippen LogP contribution >= 0.6 is 11.6 Å². The van der Waals surface area contributed by atoms with Gasteiger partial charge in [0, 0.05) is 18.8 Å². The van der Waals surface area contributed by atoms with Crippen molar-refractivity contribution >= 4 is 33.2 Å². The Morgan fingerprint density at radius 3 is 2.35 bits per heavy atom. The van der Waals surface area contributed by atoms with Gasteiger partial charge in [-0.05, 0) is 49.7 Å². The molecule has 2 heterocycles. The molecular formula is C22H26ClN3O4S. The molecule has 1 amide bonds. The number of carbonyl (C=O) groups excluding carboxylic acids is 1. The van der Waals surface area contributed by atoms with Gasteiger partial charge >= 0.3 is 0 Å². The van der Waals surface area contributed by atoms with Gasteiger partial charge in [0.25, 0.3) is 0 Å². The normalized spacial score (nSPS) is 19.3. The van der Waals surface area contributed by atoms with Gasteiger partial charge in [-0.2, -0.15) is 4.31 Å². The summed E-state index contributed by atoms with van der Waals surface area (Å²) in [6.07, 6.45) is 2.11. The molecule has 0 aromatic heterocycles. The molecule has 166 valence electrons. The molecule has 1 N–H and O–H groups in total. The first-order chi connectivity index (χ1) is 15.0. The number of likely N-dealkylation sites (tertiary alicyclic amines) is 1. The smallest absolute Gasteiger partial charge is 0.246 e. The SMILES string of the molecule is O=C(Nc1ccc(Cl)c(S(=O)(=O)N2CCOCC2)c1)C(c1ccccc1)N1CCCC1. The van der Waals surface area contributed by atoms with E-state index in [4.69, 9.17) is 16.3 Å². The van der Waals surface area contributed by atoms with E-state index in [1.54, 1.807) is 6.07 Å². The predicted octanol–water partition coefficient (Wildman–Crippen LogP) is 3.14. The molecule has 2 aromatic carbocycles. The number of rotatable bonds is 6. The van der Waals surface area contributed by atoms with Crippen LogP contribution < -0.4 is 5.32 Å². The molecule has 0 bridgehead atoms. The molecule has 1 atom stereocenters. The zero-order valence-corrected chi connectivity index (χ0v) is 18.7. The Bertz CT molecular complexity index is 1020. The minimum absolute atomic E-state index is 0.00806. The standard InChI is InChI=1S/C22H26ClN3O4S/c23-19-9-8-18(16-20(19)31(28,29)26-12-14-30-15-13-26)24-22(27)21(25-10-4-5-11-25)17-6-2-1-3-7-17/h1-3,6-9,16,21H,4-5,10-15H2,(H,24,27). The van der Waals surface area contributed by atoms with Gasteiger partial charge in [-0.15, -0.1) is 0 Å². The summed E-state index contributed by atoms with van der Waals surface area (Å²) in [5.41, 5.74) is 1.32. The van der Waals surface area contributed by atoms with Crippen LogP contribution in [0.25, 0.3) is 0 Å². The van der Waals surface area contributed by atoms with Crippen molar-refractivity contribution in [1.82, 2.24) is 9.21 Å². The van der Waals surface area contributed by atoms with Crippen LogP contribution in [0, 0.1) is 0 Å². The predicted molar refractivity (Wildman–Crippen MR) is 120 cm³/mol. The van der Waals surface area contributed by atoms with Crippen LogP contribution in [0.15, 0.2) is 53.4 Å². The van der Waals surface area contributed by atoms with Gasteiger partial charge in [0.2, 0.25) is 15.9 Å². The number of hydrogen-bond donors (Lipinski definition) is 1. The highest BCUT2D eigenvalue weighted by Crippen LogP contribution is 2.30. The third-order valence-corrected chi connectivity index (χ3v) is 8.04. The van der Waals surface area contributed by atoms with Crippen molar-refractivity contribution in [3.8, 4) is 0 Å². The van der Waals surface area contributed by atoms with Gasteiger partial charge in [0.05, 0.1) is 18.2 Å². The van der Waals surface area contributed by atoms with Crippen molar-refractivity contribution in [2.45, 2.75) is 23.8 Å². The maximum Gasteiger partial charge on any atom is 0.246 e. The Labute approximate surface area is 188 Å². The molecule has 0 saturated carbocycles. The maximum absolute atomic E-state index is 13.3. The third-order valence-electron chi connectivity index (χ3n) is 5.66. The topological polar surface area (TPSA) is 79.0 Å². The quantitative estimate of drug-likeness (QED) is 0.712.